The summed E-state index contributed by atoms with van der Waals surface area (Å²) in [6, 6.07) is 10.0. The molecule has 0 unspecified atom stereocenters. The summed E-state index contributed by atoms with van der Waals surface area (Å²) in [6.45, 7) is 5.02. The minimum Gasteiger partial charge on any atom is -0.354 e. The lowest BCUT2D eigenvalue weighted by Gasteiger charge is -2.17. The summed E-state index contributed by atoms with van der Waals surface area (Å²) in [5, 5.41) is 3.37. The van der Waals surface area contributed by atoms with Crippen molar-refractivity contribution in [2.45, 2.75) is 33.1 Å². The van der Waals surface area contributed by atoms with Crippen LogP contribution in [0.5, 0.6) is 0 Å². The number of para-hydroxylation sites is 1. The largest absolute Gasteiger partial charge is 0.354 e. The zero-order chi connectivity index (χ0) is 16.7. The topological polar surface area (TPSA) is 45.2 Å². The average molecular weight is 311 g/mol. The van der Waals surface area contributed by atoms with E-state index in [0.29, 0.717) is 5.56 Å². The molecule has 0 aliphatic rings. The van der Waals surface area contributed by atoms with Gasteiger partial charge < -0.3 is 10.2 Å². The second kappa shape index (κ2) is 8.32. The quantitative estimate of drug-likeness (QED) is 0.831. The summed E-state index contributed by atoms with van der Waals surface area (Å²) in [4.78, 5) is 18.4. The van der Waals surface area contributed by atoms with Crippen LogP contribution in [0.15, 0.2) is 42.7 Å². The van der Waals surface area contributed by atoms with Crippen LogP contribution in [-0.2, 0) is 6.42 Å². The second-order valence-electron chi connectivity index (χ2n) is 5.68. The van der Waals surface area contributed by atoms with E-state index >= 15 is 0 Å². The lowest BCUT2D eigenvalue weighted by Crippen LogP contribution is -2.27. The maximum atomic E-state index is 12.4. The standard InChI is InChI=1S/C19H25N3O/c1-4-6-11-22(3)19(23)16-12-17(14-20-13-16)21-18-10-8-7-9-15(18)5-2/h7-10,12-14,21H,4-6,11H2,1-3H3. The maximum absolute atomic E-state index is 12.4. The Morgan fingerprint density at radius 2 is 2.00 bits per heavy atom. The van der Waals surface area contributed by atoms with Crippen molar-refractivity contribution in [1.82, 2.24) is 9.88 Å². The monoisotopic (exact) mass is 311 g/mol. The molecule has 4 heteroatoms. The van der Waals surface area contributed by atoms with Crippen molar-refractivity contribution >= 4 is 17.3 Å². The highest BCUT2D eigenvalue weighted by molar-refractivity contribution is 5.94. The number of hydrogen-bond donors (Lipinski definition) is 1. The zero-order valence-corrected chi connectivity index (χ0v) is 14.2. The molecule has 1 amide bonds. The molecule has 1 aromatic heterocycles. The normalized spacial score (nSPS) is 10.4. The Hall–Kier alpha value is -2.36. The second-order valence-corrected chi connectivity index (χ2v) is 5.68. The molecule has 1 N–H and O–H groups in total. The van der Waals surface area contributed by atoms with E-state index in [1.165, 1.54) is 5.56 Å². The van der Waals surface area contributed by atoms with Crippen LogP contribution >= 0.6 is 0 Å². The van der Waals surface area contributed by atoms with Crippen molar-refractivity contribution in [1.29, 1.82) is 0 Å². The zero-order valence-electron chi connectivity index (χ0n) is 14.2. The van der Waals surface area contributed by atoms with Crippen LogP contribution in [-0.4, -0.2) is 29.4 Å². The summed E-state index contributed by atoms with van der Waals surface area (Å²) < 4.78 is 0. The lowest BCUT2D eigenvalue weighted by atomic mass is 10.1. The van der Waals surface area contributed by atoms with E-state index in [1.54, 1.807) is 17.3 Å². The van der Waals surface area contributed by atoms with Crippen molar-refractivity contribution in [3.8, 4) is 0 Å². The first kappa shape index (κ1) is 17.0. The SMILES string of the molecule is CCCCN(C)C(=O)c1cncc(Nc2ccccc2CC)c1. The average Bonchev–Trinajstić information content (AvgIpc) is 2.59. The number of nitrogens with one attached hydrogen (secondary N) is 1. The molecule has 0 spiro atoms. The Bertz CT molecular complexity index is 655. The Morgan fingerprint density at radius 3 is 2.74 bits per heavy atom. The van der Waals surface area contributed by atoms with E-state index in [0.717, 1.165) is 37.2 Å². The first-order valence-corrected chi connectivity index (χ1v) is 8.21. The molecule has 2 rings (SSSR count). The van der Waals surface area contributed by atoms with Crippen molar-refractivity contribution in [2.75, 3.05) is 18.9 Å². The molecule has 0 saturated carbocycles. The van der Waals surface area contributed by atoms with Gasteiger partial charge in [-0.15, -0.1) is 0 Å². The number of anilines is 2. The lowest BCUT2D eigenvalue weighted by molar-refractivity contribution is 0.0793. The summed E-state index contributed by atoms with van der Waals surface area (Å²) in [6.07, 6.45) is 6.41. The van der Waals surface area contributed by atoms with Gasteiger partial charge in [0.15, 0.2) is 0 Å². The molecule has 0 fully saturated rings. The summed E-state index contributed by atoms with van der Waals surface area (Å²) in [5.41, 5.74) is 3.74. The molecular formula is C19H25N3O. The van der Waals surface area contributed by atoms with E-state index in [9.17, 15) is 4.79 Å². The van der Waals surface area contributed by atoms with E-state index in [2.05, 4.69) is 30.2 Å². The number of carbonyl (C=O) groups is 1. The van der Waals surface area contributed by atoms with E-state index < -0.39 is 0 Å². The number of aryl methyl sites for hydroxylation is 1. The highest BCUT2D eigenvalue weighted by atomic mass is 16.2. The fourth-order valence-corrected chi connectivity index (χ4v) is 2.45. The van der Waals surface area contributed by atoms with Crippen molar-refractivity contribution in [2.24, 2.45) is 0 Å². The predicted octanol–water partition coefficient (Wildman–Crippen LogP) is 4.26. The number of unbranched alkanes of at least 4 members (excludes halogenated alkanes) is 1. The van der Waals surface area contributed by atoms with Gasteiger partial charge in [-0.3, -0.25) is 9.78 Å². The van der Waals surface area contributed by atoms with Gasteiger partial charge in [0.25, 0.3) is 5.91 Å². The van der Waals surface area contributed by atoms with Crippen LogP contribution in [0, 0.1) is 0 Å². The van der Waals surface area contributed by atoms with Gasteiger partial charge in [0.2, 0.25) is 0 Å². The molecule has 1 aromatic carbocycles. The van der Waals surface area contributed by atoms with Crippen LogP contribution in [0.2, 0.25) is 0 Å². The molecule has 0 aliphatic carbocycles. The third-order valence-electron chi connectivity index (χ3n) is 3.86. The van der Waals surface area contributed by atoms with Crippen LogP contribution < -0.4 is 5.32 Å². The third-order valence-corrected chi connectivity index (χ3v) is 3.86. The van der Waals surface area contributed by atoms with Crippen molar-refractivity contribution in [3.63, 3.8) is 0 Å². The molecule has 23 heavy (non-hydrogen) atoms. The summed E-state index contributed by atoms with van der Waals surface area (Å²) >= 11 is 0. The molecular weight excluding hydrogens is 286 g/mol. The fraction of sp³-hybridized carbons (Fsp3) is 0.368. The van der Waals surface area contributed by atoms with E-state index in [1.807, 2.05) is 31.3 Å². The first-order chi connectivity index (χ1) is 11.2. The molecule has 0 aliphatic heterocycles. The Labute approximate surface area is 138 Å². The number of hydrogen-bond acceptors (Lipinski definition) is 3. The van der Waals surface area contributed by atoms with Crippen molar-refractivity contribution < 1.29 is 4.79 Å². The van der Waals surface area contributed by atoms with Gasteiger partial charge in [0.1, 0.15) is 0 Å². The highest BCUT2D eigenvalue weighted by Gasteiger charge is 2.12. The summed E-state index contributed by atoms with van der Waals surface area (Å²) in [7, 11) is 1.84. The molecule has 0 saturated heterocycles. The molecule has 1 heterocycles. The molecule has 2 aromatic rings. The van der Waals surface area contributed by atoms with Gasteiger partial charge >= 0.3 is 0 Å². The Kier molecular flexibility index (Phi) is 6.15. The Morgan fingerprint density at radius 1 is 1.22 bits per heavy atom. The van der Waals surface area contributed by atoms with Crippen molar-refractivity contribution in [3.05, 3.63) is 53.9 Å². The predicted molar refractivity (Wildman–Crippen MR) is 95.2 cm³/mol. The van der Waals surface area contributed by atoms with Crippen LogP contribution in [0.3, 0.4) is 0 Å². The van der Waals surface area contributed by atoms with E-state index in [-0.39, 0.29) is 5.91 Å². The number of amides is 1. The number of benzene rings is 1. The fourth-order valence-electron chi connectivity index (χ4n) is 2.45. The van der Waals surface area contributed by atoms with Gasteiger partial charge in [-0.05, 0) is 30.5 Å². The molecule has 122 valence electrons. The van der Waals surface area contributed by atoms with Gasteiger partial charge in [-0.1, -0.05) is 38.5 Å². The smallest absolute Gasteiger partial charge is 0.255 e. The number of pyridine rings is 1. The maximum Gasteiger partial charge on any atom is 0.255 e. The van der Waals surface area contributed by atoms with Gasteiger partial charge in [0, 0.05) is 25.5 Å². The Balaban J connectivity index is 2.15. The number of nitrogens with zero attached hydrogens (tertiary/aromatic N) is 2. The number of carbonyl (C=O) groups excluding carboxylic acids is 1. The van der Waals surface area contributed by atoms with Gasteiger partial charge in [0.05, 0.1) is 17.4 Å². The highest BCUT2D eigenvalue weighted by Crippen LogP contribution is 2.21. The number of aromatic nitrogens is 1. The number of rotatable bonds is 7. The van der Waals surface area contributed by atoms with Gasteiger partial charge in [-0.2, -0.15) is 0 Å². The minimum absolute atomic E-state index is 0.0124. The van der Waals surface area contributed by atoms with E-state index in [4.69, 9.17) is 0 Å². The molecule has 4 nitrogen and oxygen atoms in total. The third kappa shape index (κ3) is 4.55. The van der Waals surface area contributed by atoms with Crippen LogP contribution in [0.1, 0.15) is 42.6 Å². The molecule has 0 atom stereocenters. The molecule has 0 bridgehead atoms. The summed E-state index contributed by atoms with van der Waals surface area (Å²) in [5.74, 6) is 0.0124. The minimum atomic E-state index is 0.0124. The molecule has 0 radical (unpaired) electrons. The van der Waals surface area contributed by atoms with Crippen LogP contribution in [0.25, 0.3) is 0 Å². The van der Waals surface area contributed by atoms with Crippen LogP contribution in [0.4, 0.5) is 11.4 Å². The first-order valence-electron chi connectivity index (χ1n) is 8.21. The van der Waals surface area contributed by atoms with Gasteiger partial charge in [-0.25, -0.2) is 0 Å².